The zero-order chi connectivity index (χ0) is 18.2. The number of nitriles is 1. The lowest BCUT2D eigenvalue weighted by atomic mass is 10.1. The Hall–Kier alpha value is -3.84. The van der Waals surface area contributed by atoms with Gasteiger partial charge in [-0.15, -0.1) is 0 Å². The molecule has 0 aliphatic carbocycles. The topological polar surface area (TPSA) is 64.9 Å². The second kappa shape index (κ2) is 8.32. The number of amides is 2. The number of hydrogen-bond donors (Lipinski definition) is 2. The van der Waals surface area contributed by atoms with E-state index in [9.17, 15) is 4.79 Å². The zero-order valence-corrected chi connectivity index (χ0v) is 14.0. The Morgan fingerprint density at radius 1 is 0.731 bits per heavy atom. The molecular formula is C22H17N3O. The molecule has 0 aromatic heterocycles. The van der Waals surface area contributed by atoms with Gasteiger partial charge in [-0.2, -0.15) is 5.26 Å². The molecular weight excluding hydrogens is 322 g/mol. The molecule has 0 saturated carbocycles. The molecule has 2 N–H and O–H groups in total. The molecule has 0 spiro atoms. The van der Waals surface area contributed by atoms with Gasteiger partial charge in [0.15, 0.2) is 0 Å². The van der Waals surface area contributed by atoms with E-state index in [0.717, 1.165) is 11.1 Å². The van der Waals surface area contributed by atoms with Gasteiger partial charge in [0, 0.05) is 11.4 Å². The lowest BCUT2D eigenvalue weighted by molar-refractivity contribution is 0.262. The van der Waals surface area contributed by atoms with E-state index in [1.807, 2.05) is 72.8 Å². The van der Waals surface area contributed by atoms with E-state index in [-0.39, 0.29) is 6.03 Å². The molecule has 0 radical (unpaired) electrons. The predicted molar refractivity (Wildman–Crippen MR) is 106 cm³/mol. The third-order valence-corrected chi connectivity index (χ3v) is 3.71. The van der Waals surface area contributed by atoms with Gasteiger partial charge in [0.25, 0.3) is 0 Å². The van der Waals surface area contributed by atoms with E-state index >= 15 is 0 Å². The Bertz CT molecular complexity index is 937. The van der Waals surface area contributed by atoms with Crippen LogP contribution in [0.3, 0.4) is 0 Å². The Labute approximate surface area is 152 Å². The first-order chi connectivity index (χ1) is 12.7. The summed E-state index contributed by atoms with van der Waals surface area (Å²) in [5.41, 5.74) is 4.07. The van der Waals surface area contributed by atoms with Crippen LogP contribution in [0.2, 0.25) is 0 Å². The molecule has 0 unspecified atom stereocenters. The fraction of sp³-hybridized carbons (Fsp3) is 0. The van der Waals surface area contributed by atoms with Crippen molar-refractivity contribution < 1.29 is 4.79 Å². The fourth-order valence-electron chi connectivity index (χ4n) is 2.36. The highest BCUT2D eigenvalue weighted by atomic mass is 16.2. The highest BCUT2D eigenvalue weighted by molar-refractivity contribution is 5.99. The van der Waals surface area contributed by atoms with E-state index in [1.165, 1.54) is 0 Å². The van der Waals surface area contributed by atoms with Crippen LogP contribution in [0.15, 0.2) is 78.9 Å². The number of nitrogens with zero attached hydrogens (tertiary/aromatic N) is 1. The first-order valence-electron chi connectivity index (χ1n) is 8.14. The van der Waals surface area contributed by atoms with E-state index < -0.39 is 0 Å². The third-order valence-electron chi connectivity index (χ3n) is 3.71. The van der Waals surface area contributed by atoms with Crippen molar-refractivity contribution >= 4 is 29.6 Å². The smallest absolute Gasteiger partial charge is 0.308 e. The number of carbonyl (C=O) groups excluding carboxylic acids is 1. The Balaban J connectivity index is 1.57. The van der Waals surface area contributed by atoms with Gasteiger partial charge in [-0.3, -0.25) is 0 Å². The minimum Gasteiger partial charge on any atom is -0.308 e. The number of urea groups is 1. The van der Waals surface area contributed by atoms with E-state index in [2.05, 4.69) is 10.6 Å². The van der Waals surface area contributed by atoms with Gasteiger partial charge in [0.1, 0.15) is 0 Å². The van der Waals surface area contributed by atoms with Crippen LogP contribution in [0.4, 0.5) is 16.2 Å². The number of hydrogen-bond acceptors (Lipinski definition) is 2. The summed E-state index contributed by atoms with van der Waals surface area (Å²) in [5, 5.41) is 14.3. The minimum atomic E-state index is -0.331. The maximum atomic E-state index is 12.0. The normalized spacial score (nSPS) is 10.3. The maximum Gasteiger partial charge on any atom is 0.323 e. The van der Waals surface area contributed by atoms with Crippen molar-refractivity contribution in [3.8, 4) is 6.07 Å². The van der Waals surface area contributed by atoms with Gasteiger partial charge in [0.05, 0.1) is 11.6 Å². The average molecular weight is 339 g/mol. The lowest BCUT2D eigenvalue weighted by Crippen LogP contribution is -2.19. The van der Waals surface area contributed by atoms with Crippen molar-refractivity contribution in [2.24, 2.45) is 0 Å². The largest absolute Gasteiger partial charge is 0.323 e. The molecule has 4 nitrogen and oxygen atoms in total. The van der Waals surface area contributed by atoms with Crippen LogP contribution in [-0.2, 0) is 0 Å². The molecule has 0 bridgehead atoms. The highest BCUT2D eigenvalue weighted by Crippen LogP contribution is 2.14. The van der Waals surface area contributed by atoms with Crippen LogP contribution in [0.1, 0.15) is 16.7 Å². The molecule has 0 heterocycles. The van der Waals surface area contributed by atoms with Crippen LogP contribution in [0.5, 0.6) is 0 Å². The molecule has 0 saturated heterocycles. The first kappa shape index (κ1) is 17.0. The van der Waals surface area contributed by atoms with Crippen molar-refractivity contribution in [3.63, 3.8) is 0 Å². The van der Waals surface area contributed by atoms with Gasteiger partial charge in [-0.05, 0) is 47.5 Å². The molecule has 3 rings (SSSR count). The van der Waals surface area contributed by atoms with E-state index in [0.29, 0.717) is 16.9 Å². The van der Waals surface area contributed by atoms with Crippen LogP contribution in [0.25, 0.3) is 12.2 Å². The molecule has 0 aliphatic heterocycles. The van der Waals surface area contributed by atoms with Crippen LogP contribution >= 0.6 is 0 Å². The summed E-state index contributed by atoms with van der Waals surface area (Å²) in [6.45, 7) is 0. The summed E-state index contributed by atoms with van der Waals surface area (Å²) in [7, 11) is 0. The molecule has 26 heavy (non-hydrogen) atoms. The Kier molecular flexibility index (Phi) is 5.44. The zero-order valence-electron chi connectivity index (χ0n) is 14.0. The summed E-state index contributed by atoms with van der Waals surface area (Å²) < 4.78 is 0. The van der Waals surface area contributed by atoms with Crippen LogP contribution in [-0.4, -0.2) is 6.03 Å². The highest BCUT2D eigenvalue weighted by Gasteiger charge is 2.02. The van der Waals surface area contributed by atoms with Gasteiger partial charge in [-0.25, -0.2) is 4.79 Å². The lowest BCUT2D eigenvalue weighted by Gasteiger charge is -2.08. The summed E-state index contributed by atoms with van der Waals surface area (Å²) >= 11 is 0. The molecule has 3 aromatic rings. The summed E-state index contributed by atoms with van der Waals surface area (Å²) in [6, 6.07) is 26.1. The van der Waals surface area contributed by atoms with Gasteiger partial charge < -0.3 is 10.6 Å². The number of benzene rings is 3. The second-order valence-electron chi connectivity index (χ2n) is 5.63. The van der Waals surface area contributed by atoms with Gasteiger partial charge in [0.2, 0.25) is 0 Å². The summed E-state index contributed by atoms with van der Waals surface area (Å²) in [6.07, 6.45) is 4.07. The predicted octanol–water partition coefficient (Wildman–Crippen LogP) is 5.37. The van der Waals surface area contributed by atoms with Crippen LogP contribution in [0, 0.1) is 11.3 Å². The summed E-state index contributed by atoms with van der Waals surface area (Å²) in [4.78, 5) is 12.0. The standard InChI is InChI=1S/C22H17N3O/c23-16-19-10-14-21(15-11-19)25-22(26)24-20-12-8-18(9-13-20)7-6-17-4-2-1-3-5-17/h1-15H,(H2,24,25,26)/b7-6+. The van der Waals surface area contributed by atoms with Crippen LogP contribution < -0.4 is 10.6 Å². The van der Waals surface area contributed by atoms with Gasteiger partial charge >= 0.3 is 6.03 Å². The SMILES string of the molecule is N#Cc1ccc(NC(=O)Nc2ccc(/C=C/c3ccccc3)cc2)cc1. The number of anilines is 2. The monoisotopic (exact) mass is 339 g/mol. The minimum absolute atomic E-state index is 0.331. The van der Waals surface area contributed by atoms with Crippen molar-refractivity contribution in [1.29, 1.82) is 5.26 Å². The van der Waals surface area contributed by atoms with E-state index in [4.69, 9.17) is 5.26 Å². The third kappa shape index (κ3) is 4.83. The molecule has 0 aliphatic rings. The molecule has 3 aromatic carbocycles. The maximum absolute atomic E-state index is 12.0. The summed E-state index contributed by atoms with van der Waals surface area (Å²) in [5.74, 6) is 0. The number of rotatable bonds is 4. The Morgan fingerprint density at radius 3 is 1.77 bits per heavy atom. The molecule has 0 fully saturated rings. The number of nitrogens with one attached hydrogen (secondary N) is 2. The first-order valence-corrected chi connectivity index (χ1v) is 8.14. The fourth-order valence-corrected chi connectivity index (χ4v) is 2.36. The van der Waals surface area contributed by atoms with Crippen molar-refractivity contribution in [2.75, 3.05) is 10.6 Å². The Morgan fingerprint density at radius 2 is 1.23 bits per heavy atom. The van der Waals surface area contributed by atoms with E-state index in [1.54, 1.807) is 24.3 Å². The quantitative estimate of drug-likeness (QED) is 0.627. The molecule has 0 atom stereocenters. The van der Waals surface area contributed by atoms with Crippen molar-refractivity contribution in [3.05, 3.63) is 95.6 Å². The van der Waals surface area contributed by atoms with Crippen molar-refractivity contribution in [1.82, 2.24) is 0 Å². The molecule has 4 heteroatoms. The second-order valence-corrected chi connectivity index (χ2v) is 5.63. The van der Waals surface area contributed by atoms with Crippen molar-refractivity contribution in [2.45, 2.75) is 0 Å². The van der Waals surface area contributed by atoms with Gasteiger partial charge in [-0.1, -0.05) is 54.6 Å². The average Bonchev–Trinajstić information content (AvgIpc) is 2.69. The molecule has 2 amide bonds. The molecule has 126 valence electrons. The number of carbonyl (C=O) groups is 1.